The van der Waals surface area contributed by atoms with Crippen LogP contribution in [-0.4, -0.2) is 35.5 Å². The van der Waals surface area contributed by atoms with E-state index in [1.54, 1.807) is 4.90 Å². The molecule has 0 saturated heterocycles. The zero-order valence-electron chi connectivity index (χ0n) is 15.6. The minimum absolute atomic E-state index is 0.0883. The summed E-state index contributed by atoms with van der Waals surface area (Å²) < 4.78 is 9.93. The van der Waals surface area contributed by atoms with Gasteiger partial charge in [0.05, 0.1) is 13.7 Å². The van der Waals surface area contributed by atoms with E-state index in [1.807, 2.05) is 31.2 Å². The Balaban J connectivity index is 2.10. The number of benzene rings is 1. The van der Waals surface area contributed by atoms with Crippen LogP contribution in [0.5, 0.6) is 0 Å². The molecule has 1 aromatic heterocycles. The Kier molecular flexibility index (Phi) is 6.77. The summed E-state index contributed by atoms with van der Waals surface area (Å²) in [4.78, 5) is 29.9. The van der Waals surface area contributed by atoms with Crippen LogP contribution in [0.4, 0.5) is 10.5 Å². The second kappa shape index (κ2) is 9.03. The molecular formula is C19H25N3O4. The third kappa shape index (κ3) is 5.61. The molecule has 2 amide bonds. The summed E-state index contributed by atoms with van der Waals surface area (Å²) in [5.41, 5.74) is 1.88. The molecule has 0 bridgehead atoms. The summed E-state index contributed by atoms with van der Waals surface area (Å²) in [6.07, 6.45) is 2.08. The van der Waals surface area contributed by atoms with Gasteiger partial charge in [0.15, 0.2) is 5.69 Å². The number of hydrogen-bond acceptors (Lipinski definition) is 5. The fraction of sp³-hybridized carbons (Fsp3) is 0.421. The van der Waals surface area contributed by atoms with Crippen molar-refractivity contribution in [3.63, 3.8) is 0 Å². The van der Waals surface area contributed by atoms with Gasteiger partial charge < -0.3 is 19.4 Å². The number of amides is 2. The van der Waals surface area contributed by atoms with Crippen LogP contribution in [0.15, 0.2) is 34.9 Å². The maximum absolute atomic E-state index is 12.7. The van der Waals surface area contributed by atoms with E-state index in [1.165, 1.54) is 13.4 Å². The number of rotatable bonds is 7. The third-order valence-electron chi connectivity index (χ3n) is 3.81. The number of aromatic nitrogens is 1. The lowest BCUT2D eigenvalue weighted by Gasteiger charge is -2.22. The number of carbonyl (C=O) groups is 2. The first kappa shape index (κ1) is 19.5. The van der Waals surface area contributed by atoms with Gasteiger partial charge in [0.1, 0.15) is 6.26 Å². The molecule has 0 saturated carbocycles. The minimum atomic E-state index is -0.571. The average Bonchev–Trinajstić information content (AvgIpc) is 3.06. The summed E-state index contributed by atoms with van der Waals surface area (Å²) in [6, 6.07) is 7.35. The predicted molar refractivity (Wildman–Crippen MR) is 97.9 cm³/mol. The number of nitrogens with zero attached hydrogens (tertiary/aromatic N) is 2. The van der Waals surface area contributed by atoms with Gasteiger partial charge in [-0.3, -0.25) is 0 Å². The van der Waals surface area contributed by atoms with Gasteiger partial charge in [-0.15, -0.1) is 0 Å². The quantitative estimate of drug-likeness (QED) is 0.759. The van der Waals surface area contributed by atoms with Gasteiger partial charge in [0.25, 0.3) is 0 Å². The van der Waals surface area contributed by atoms with Crippen molar-refractivity contribution in [3.8, 4) is 0 Å². The van der Waals surface area contributed by atoms with Crippen LogP contribution in [0.2, 0.25) is 0 Å². The van der Waals surface area contributed by atoms with Crippen molar-refractivity contribution in [2.24, 2.45) is 5.92 Å². The number of methoxy groups -OCH3 is 1. The molecule has 7 nitrogen and oxygen atoms in total. The number of ether oxygens (including phenoxy) is 1. The maximum atomic E-state index is 12.7. The van der Waals surface area contributed by atoms with E-state index >= 15 is 0 Å². The predicted octanol–water partition coefficient (Wildman–Crippen LogP) is 3.85. The van der Waals surface area contributed by atoms with E-state index in [4.69, 9.17) is 4.42 Å². The average molecular weight is 359 g/mol. The van der Waals surface area contributed by atoms with Gasteiger partial charge in [0, 0.05) is 12.2 Å². The smallest absolute Gasteiger partial charge is 0.360 e. The third-order valence-corrected chi connectivity index (χ3v) is 3.81. The topological polar surface area (TPSA) is 84.7 Å². The zero-order valence-corrected chi connectivity index (χ0v) is 15.6. The second-order valence-electron chi connectivity index (χ2n) is 6.52. The van der Waals surface area contributed by atoms with Gasteiger partial charge >= 0.3 is 12.0 Å². The van der Waals surface area contributed by atoms with Crippen molar-refractivity contribution >= 4 is 17.7 Å². The lowest BCUT2D eigenvalue weighted by atomic mass is 10.1. The number of aryl methyl sites for hydroxylation is 1. The summed E-state index contributed by atoms with van der Waals surface area (Å²) in [7, 11) is 1.28. The molecule has 0 fully saturated rings. The fourth-order valence-electron chi connectivity index (χ4n) is 2.34. The Bertz CT molecular complexity index is 755. The Morgan fingerprint density at radius 1 is 1.35 bits per heavy atom. The fourth-order valence-corrected chi connectivity index (χ4v) is 2.34. The largest absolute Gasteiger partial charge is 0.464 e. The molecule has 1 heterocycles. The number of urea groups is 1. The minimum Gasteiger partial charge on any atom is -0.464 e. The first-order valence-electron chi connectivity index (χ1n) is 8.54. The molecule has 0 unspecified atom stereocenters. The summed E-state index contributed by atoms with van der Waals surface area (Å²) >= 11 is 0. The van der Waals surface area contributed by atoms with Crippen molar-refractivity contribution in [1.29, 1.82) is 0 Å². The number of carbonyl (C=O) groups excluding carboxylic acids is 2. The molecule has 2 rings (SSSR count). The Morgan fingerprint density at radius 3 is 2.77 bits per heavy atom. The zero-order chi connectivity index (χ0) is 19.1. The number of hydrogen-bond donors (Lipinski definition) is 1. The van der Waals surface area contributed by atoms with E-state index in [0.29, 0.717) is 12.5 Å². The molecule has 0 aliphatic rings. The van der Waals surface area contributed by atoms with Crippen LogP contribution in [0.3, 0.4) is 0 Å². The monoisotopic (exact) mass is 359 g/mol. The van der Waals surface area contributed by atoms with E-state index in [2.05, 4.69) is 28.9 Å². The van der Waals surface area contributed by atoms with Crippen LogP contribution >= 0.6 is 0 Å². The maximum Gasteiger partial charge on any atom is 0.360 e. The summed E-state index contributed by atoms with van der Waals surface area (Å²) in [6.45, 7) is 6.87. The molecular weight excluding hydrogens is 334 g/mol. The van der Waals surface area contributed by atoms with E-state index < -0.39 is 5.97 Å². The molecule has 26 heavy (non-hydrogen) atoms. The molecule has 0 atom stereocenters. The standard InChI is InChI=1S/C19H25N3O4/c1-13(2)8-9-22(11-17-21-16(12-26-17)18(23)25-4)19(24)20-15-7-5-6-14(3)10-15/h5-7,10,12-13H,8-9,11H2,1-4H3,(H,20,24). The van der Waals surface area contributed by atoms with Gasteiger partial charge in [-0.25, -0.2) is 14.6 Å². The van der Waals surface area contributed by atoms with Gasteiger partial charge in [-0.05, 0) is 37.0 Å². The lowest BCUT2D eigenvalue weighted by molar-refractivity contribution is 0.0594. The molecule has 1 aromatic carbocycles. The lowest BCUT2D eigenvalue weighted by Crippen LogP contribution is -2.36. The van der Waals surface area contributed by atoms with Crippen LogP contribution in [0.25, 0.3) is 0 Å². The molecule has 7 heteroatoms. The molecule has 0 aliphatic carbocycles. The highest BCUT2D eigenvalue weighted by atomic mass is 16.5. The van der Waals surface area contributed by atoms with E-state index in [-0.39, 0.29) is 24.2 Å². The van der Waals surface area contributed by atoms with Gasteiger partial charge in [-0.2, -0.15) is 0 Å². The van der Waals surface area contributed by atoms with Crippen molar-refractivity contribution < 1.29 is 18.7 Å². The SMILES string of the molecule is COC(=O)c1coc(CN(CCC(C)C)C(=O)Nc2cccc(C)c2)n1. The van der Waals surface area contributed by atoms with Crippen LogP contribution in [0.1, 0.15) is 42.2 Å². The van der Waals surface area contributed by atoms with Crippen LogP contribution < -0.4 is 5.32 Å². The molecule has 140 valence electrons. The van der Waals surface area contributed by atoms with E-state index in [0.717, 1.165) is 17.7 Å². The highest BCUT2D eigenvalue weighted by Crippen LogP contribution is 2.14. The van der Waals surface area contributed by atoms with Gasteiger partial charge in [0.2, 0.25) is 5.89 Å². The van der Waals surface area contributed by atoms with Crippen molar-refractivity contribution in [3.05, 3.63) is 47.7 Å². The summed E-state index contributed by atoms with van der Waals surface area (Å²) in [5, 5.41) is 2.89. The Morgan fingerprint density at radius 2 is 2.12 bits per heavy atom. The van der Waals surface area contributed by atoms with Crippen LogP contribution in [-0.2, 0) is 11.3 Å². The molecule has 1 N–H and O–H groups in total. The number of oxazole rings is 1. The number of anilines is 1. The molecule has 0 aliphatic heterocycles. The van der Waals surface area contributed by atoms with E-state index in [9.17, 15) is 9.59 Å². The van der Waals surface area contributed by atoms with Crippen molar-refractivity contribution in [2.75, 3.05) is 19.0 Å². The number of esters is 1. The highest BCUT2D eigenvalue weighted by Gasteiger charge is 2.19. The van der Waals surface area contributed by atoms with Crippen LogP contribution in [0, 0.1) is 12.8 Å². The number of nitrogens with one attached hydrogen (secondary N) is 1. The Hall–Kier alpha value is -2.83. The van der Waals surface area contributed by atoms with Crippen molar-refractivity contribution in [2.45, 2.75) is 33.7 Å². The highest BCUT2D eigenvalue weighted by molar-refractivity contribution is 5.89. The van der Waals surface area contributed by atoms with Crippen molar-refractivity contribution in [1.82, 2.24) is 9.88 Å². The second-order valence-corrected chi connectivity index (χ2v) is 6.52. The first-order valence-corrected chi connectivity index (χ1v) is 8.54. The summed E-state index contributed by atoms with van der Waals surface area (Å²) in [5.74, 6) is 0.158. The molecule has 2 aromatic rings. The molecule has 0 radical (unpaired) electrons. The first-order chi connectivity index (χ1) is 12.4. The normalized spacial score (nSPS) is 10.7. The van der Waals surface area contributed by atoms with Gasteiger partial charge in [-0.1, -0.05) is 26.0 Å². The Labute approximate surface area is 153 Å². The molecule has 0 spiro atoms.